The molecule has 1 fully saturated rings. The molecule has 14 nitrogen and oxygen atoms in total. The van der Waals surface area contributed by atoms with Crippen LogP contribution in [-0.4, -0.2) is 65.1 Å². The molecule has 0 saturated carbocycles. The number of benzene rings is 2. The van der Waals surface area contributed by atoms with Crippen LogP contribution in [0, 0.1) is 0 Å². The second-order valence-corrected chi connectivity index (χ2v) is 18.5. The van der Waals surface area contributed by atoms with E-state index in [4.69, 9.17) is 28.3 Å². The molecule has 0 radical (unpaired) electrons. The van der Waals surface area contributed by atoms with Gasteiger partial charge in [0.1, 0.15) is 22.4 Å². The minimum atomic E-state index is -0.674. The molecule has 0 bridgehead atoms. The van der Waals surface area contributed by atoms with Gasteiger partial charge in [-0.05, 0) is 147 Å². The molecule has 1 aliphatic rings. The molecule has 4 amide bonds. The topological polar surface area (TPSA) is 172 Å². The average molecular weight is 822 g/mol. The summed E-state index contributed by atoms with van der Waals surface area (Å²) in [5, 5.41) is 10.6. The molecule has 54 heavy (non-hydrogen) atoms. The van der Waals surface area contributed by atoms with Crippen LogP contribution < -0.4 is 26.7 Å². The minimum Gasteiger partial charge on any atom is -0.444 e. The lowest BCUT2D eigenvalue weighted by atomic mass is 9.78. The predicted molar refractivity (Wildman–Crippen MR) is 216 cm³/mol. The highest BCUT2D eigenvalue weighted by Crippen LogP contribution is 2.37. The van der Waals surface area contributed by atoms with E-state index in [-0.39, 0.29) is 0 Å². The van der Waals surface area contributed by atoms with Gasteiger partial charge in [-0.15, -0.1) is 0 Å². The van der Waals surface area contributed by atoms with Gasteiger partial charge in [0.15, 0.2) is 0 Å². The standard InChI is InChI=1S/C22H35BN2O6.C16H23BrN2O4/c1-19(2,3)28-17(26)24-15-12-11-14(23-30-21(7,8)22(9,10)31-23)13-16(15)25-18(27)29-20(4,5)6;1-15(2,3)22-13(20)18-11-8-7-10(17)9-12(11)19-14(21)23-16(4,5)6/h11-13H,1-10H3,(H,24,26)(H,25,27);7-9H,1-6H3,(H,18,20)(H,19,21). The largest absolute Gasteiger partial charge is 0.494 e. The van der Waals surface area contributed by atoms with E-state index >= 15 is 0 Å². The molecule has 0 aliphatic carbocycles. The third-order valence-corrected chi connectivity index (χ3v) is 7.59. The number of halogens is 1. The number of ether oxygens (including phenoxy) is 4. The molecule has 2 aromatic carbocycles. The Morgan fingerprint density at radius 1 is 0.519 bits per heavy atom. The Bertz CT molecular complexity index is 1660. The van der Waals surface area contributed by atoms with Gasteiger partial charge in [-0.25, -0.2) is 19.2 Å². The highest BCUT2D eigenvalue weighted by Gasteiger charge is 2.51. The van der Waals surface area contributed by atoms with Crippen LogP contribution in [0.15, 0.2) is 40.9 Å². The Labute approximate surface area is 328 Å². The van der Waals surface area contributed by atoms with Crippen molar-refractivity contribution in [2.45, 2.75) is 144 Å². The quantitative estimate of drug-likeness (QED) is 0.168. The van der Waals surface area contributed by atoms with Crippen LogP contribution in [0.4, 0.5) is 41.9 Å². The van der Waals surface area contributed by atoms with Crippen molar-refractivity contribution >= 4 is 75.6 Å². The molecule has 0 spiro atoms. The van der Waals surface area contributed by atoms with Crippen molar-refractivity contribution in [1.82, 2.24) is 0 Å². The number of anilines is 4. The number of hydrogen-bond acceptors (Lipinski definition) is 10. The summed E-state index contributed by atoms with van der Waals surface area (Å²) in [5.74, 6) is 0. The molecule has 1 heterocycles. The van der Waals surface area contributed by atoms with E-state index in [1.54, 1.807) is 119 Å². The van der Waals surface area contributed by atoms with E-state index in [1.165, 1.54) is 0 Å². The summed E-state index contributed by atoms with van der Waals surface area (Å²) in [6, 6.07) is 10.2. The molecular weight excluding hydrogens is 763 g/mol. The number of rotatable bonds is 5. The minimum absolute atomic E-state index is 0.340. The molecule has 3 rings (SSSR count). The molecule has 0 aromatic heterocycles. The van der Waals surface area contributed by atoms with Crippen LogP contribution in [0.25, 0.3) is 0 Å². The zero-order chi connectivity index (χ0) is 41.7. The number of amides is 4. The van der Waals surface area contributed by atoms with Crippen molar-refractivity contribution in [2.24, 2.45) is 0 Å². The second kappa shape index (κ2) is 17.2. The first kappa shape index (κ1) is 46.1. The van der Waals surface area contributed by atoms with E-state index in [0.29, 0.717) is 28.2 Å². The Balaban J connectivity index is 0.000000391. The van der Waals surface area contributed by atoms with E-state index < -0.39 is 65.1 Å². The summed E-state index contributed by atoms with van der Waals surface area (Å²) < 4.78 is 34.0. The summed E-state index contributed by atoms with van der Waals surface area (Å²) in [6.07, 6.45) is -2.50. The molecule has 0 unspecified atom stereocenters. The van der Waals surface area contributed by atoms with Crippen LogP contribution in [0.5, 0.6) is 0 Å². The van der Waals surface area contributed by atoms with E-state index in [9.17, 15) is 19.2 Å². The van der Waals surface area contributed by atoms with Gasteiger partial charge in [0, 0.05) is 4.47 Å². The Morgan fingerprint density at radius 2 is 0.815 bits per heavy atom. The van der Waals surface area contributed by atoms with Gasteiger partial charge in [0.25, 0.3) is 0 Å². The number of nitrogens with one attached hydrogen (secondary N) is 4. The van der Waals surface area contributed by atoms with E-state index in [0.717, 1.165) is 4.47 Å². The summed E-state index contributed by atoms with van der Waals surface area (Å²) >= 11 is 3.33. The van der Waals surface area contributed by atoms with Crippen molar-refractivity contribution in [1.29, 1.82) is 0 Å². The van der Waals surface area contributed by atoms with Crippen LogP contribution in [0.2, 0.25) is 0 Å². The molecule has 4 N–H and O–H groups in total. The molecule has 2 aromatic rings. The first-order chi connectivity index (χ1) is 24.2. The smallest absolute Gasteiger partial charge is 0.444 e. The maximum absolute atomic E-state index is 12.4. The van der Waals surface area contributed by atoms with Gasteiger partial charge in [-0.1, -0.05) is 22.0 Å². The Morgan fingerprint density at radius 3 is 1.15 bits per heavy atom. The number of hydrogen-bond donors (Lipinski definition) is 4. The van der Waals surface area contributed by atoms with Gasteiger partial charge in [-0.3, -0.25) is 21.3 Å². The van der Waals surface area contributed by atoms with E-state index in [1.807, 2.05) is 27.7 Å². The fraction of sp³-hybridized carbons (Fsp3) is 0.579. The lowest BCUT2D eigenvalue weighted by molar-refractivity contribution is 0.00578. The Hall–Kier alpha value is -4.02. The molecule has 1 aliphatic heterocycles. The summed E-state index contributed by atoms with van der Waals surface area (Å²) in [6.45, 7) is 29.1. The zero-order valence-corrected chi connectivity index (χ0v) is 36.1. The van der Waals surface area contributed by atoms with Crippen molar-refractivity contribution < 1.29 is 47.4 Å². The second-order valence-electron chi connectivity index (χ2n) is 17.6. The van der Waals surface area contributed by atoms with Crippen molar-refractivity contribution in [3.05, 3.63) is 40.9 Å². The van der Waals surface area contributed by atoms with Gasteiger partial charge < -0.3 is 28.3 Å². The summed E-state index contributed by atoms with van der Waals surface area (Å²) in [7, 11) is -0.625. The normalized spacial score (nSPS) is 15.2. The maximum atomic E-state index is 12.4. The zero-order valence-electron chi connectivity index (χ0n) is 34.5. The molecule has 0 atom stereocenters. The van der Waals surface area contributed by atoms with Crippen LogP contribution in [0.1, 0.15) is 111 Å². The number of carbonyl (C=O) groups is 4. The van der Waals surface area contributed by atoms with Gasteiger partial charge in [0.2, 0.25) is 0 Å². The highest BCUT2D eigenvalue weighted by molar-refractivity contribution is 9.10. The summed E-state index contributed by atoms with van der Waals surface area (Å²) in [5.41, 5.74) is -1.38. The maximum Gasteiger partial charge on any atom is 0.494 e. The van der Waals surface area contributed by atoms with Gasteiger partial charge >= 0.3 is 31.5 Å². The molecule has 16 heteroatoms. The van der Waals surface area contributed by atoms with E-state index in [2.05, 4.69) is 37.2 Å². The Kier molecular flexibility index (Phi) is 14.7. The van der Waals surface area contributed by atoms with Gasteiger partial charge in [0.05, 0.1) is 34.0 Å². The molecule has 1 saturated heterocycles. The van der Waals surface area contributed by atoms with Crippen LogP contribution in [0.3, 0.4) is 0 Å². The lowest BCUT2D eigenvalue weighted by Gasteiger charge is -2.32. The predicted octanol–water partition coefficient (Wildman–Crippen LogP) is 9.82. The van der Waals surface area contributed by atoms with Crippen molar-refractivity contribution in [3.63, 3.8) is 0 Å². The lowest BCUT2D eigenvalue weighted by Crippen LogP contribution is -2.41. The van der Waals surface area contributed by atoms with Gasteiger partial charge in [-0.2, -0.15) is 0 Å². The fourth-order valence-corrected chi connectivity index (χ4v) is 4.64. The van der Waals surface area contributed by atoms with Crippen LogP contribution in [-0.2, 0) is 28.3 Å². The average Bonchev–Trinajstić information content (AvgIpc) is 3.13. The molecule has 300 valence electrons. The SMILES string of the molecule is CC(C)(C)OC(=O)Nc1ccc(B2OC(C)(C)C(C)(C)O2)cc1NC(=O)OC(C)(C)C.CC(C)(C)OC(=O)Nc1ccc(Br)cc1NC(=O)OC(C)(C)C. The first-order valence-corrected chi connectivity index (χ1v) is 18.3. The first-order valence-electron chi connectivity index (χ1n) is 17.5. The monoisotopic (exact) mass is 820 g/mol. The third kappa shape index (κ3) is 16.2. The van der Waals surface area contributed by atoms with Crippen molar-refractivity contribution in [3.8, 4) is 0 Å². The van der Waals surface area contributed by atoms with Crippen molar-refractivity contribution in [2.75, 3.05) is 21.3 Å². The third-order valence-electron chi connectivity index (χ3n) is 7.09. The highest BCUT2D eigenvalue weighted by atomic mass is 79.9. The fourth-order valence-electron chi connectivity index (χ4n) is 4.28. The summed E-state index contributed by atoms with van der Waals surface area (Å²) in [4.78, 5) is 48.5. The molecular formula is C38H58BBrN4O10. The van der Waals surface area contributed by atoms with Crippen LogP contribution >= 0.6 is 15.9 Å². The number of carbonyl (C=O) groups excluding carboxylic acids is 4.